The summed E-state index contributed by atoms with van der Waals surface area (Å²) in [5.41, 5.74) is 0. The lowest BCUT2D eigenvalue weighted by Crippen LogP contribution is -2.43. The Hall–Kier alpha value is -1.85. The van der Waals surface area contributed by atoms with Crippen LogP contribution in [0.25, 0.3) is 0 Å². The summed E-state index contributed by atoms with van der Waals surface area (Å²) < 4.78 is 1.87. The number of carbonyl (C=O) groups is 2. The molecule has 1 aliphatic heterocycles. The molecule has 1 saturated carbocycles. The predicted octanol–water partition coefficient (Wildman–Crippen LogP) is 2.09. The molecule has 6 heteroatoms. The SMILES string of the molecule is CC(CC(=O)N1CCCn2nccc21)NC(=O)C1CCCCC1. The fourth-order valence-electron chi connectivity index (χ4n) is 3.62. The summed E-state index contributed by atoms with van der Waals surface area (Å²) in [6, 6.07) is 1.75. The van der Waals surface area contributed by atoms with Gasteiger partial charge in [0, 0.05) is 37.5 Å². The van der Waals surface area contributed by atoms with E-state index >= 15 is 0 Å². The van der Waals surface area contributed by atoms with Crippen LogP contribution in [0.4, 0.5) is 5.82 Å². The number of fused-ring (bicyclic) bond motifs is 1. The summed E-state index contributed by atoms with van der Waals surface area (Å²) in [7, 11) is 0. The summed E-state index contributed by atoms with van der Waals surface area (Å²) in [5.74, 6) is 1.18. The van der Waals surface area contributed by atoms with Crippen LogP contribution in [0.15, 0.2) is 12.3 Å². The minimum Gasteiger partial charge on any atom is -0.353 e. The molecular weight excluding hydrogens is 292 g/mol. The van der Waals surface area contributed by atoms with Crippen LogP contribution in [0.5, 0.6) is 0 Å². The van der Waals surface area contributed by atoms with Gasteiger partial charge >= 0.3 is 0 Å². The average Bonchev–Trinajstić information content (AvgIpc) is 3.03. The fraction of sp³-hybridized carbons (Fsp3) is 0.706. The van der Waals surface area contributed by atoms with Gasteiger partial charge in [-0.2, -0.15) is 5.10 Å². The topological polar surface area (TPSA) is 67.2 Å². The first-order chi connectivity index (χ1) is 11.1. The quantitative estimate of drug-likeness (QED) is 0.924. The van der Waals surface area contributed by atoms with Crippen molar-refractivity contribution in [3.8, 4) is 0 Å². The third kappa shape index (κ3) is 3.74. The highest BCUT2D eigenvalue weighted by molar-refractivity contribution is 5.93. The summed E-state index contributed by atoms with van der Waals surface area (Å²) in [4.78, 5) is 26.6. The molecule has 1 atom stereocenters. The molecule has 126 valence electrons. The standard InChI is InChI=1S/C17H26N4O2/c1-13(19-17(23)14-6-3-2-4-7-14)12-16(22)20-10-5-11-21-15(20)8-9-18-21/h8-9,13-14H,2-7,10-12H2,1H3,(H,19,23). The Labute approximate surface area is 137 Å². The van der Waals surface area contributed by atoms with Gasteiger partial charge in [-0.25, -0.2) is 4.68 Å². The minimum absolute atomic E-state index is 0.0582. The van der Waals surface area contributed by atoms with Crippen LogP contribution in [0.3, 0.4) is 0 Å². The highest BCUT2D eigenvalue weighted by Gasteiger charge is 2.26. The lowest BCUT2D eigenvalue weighted by molar-refractivity contribution is -0.127. The van der Waals surface area contributed by atoms with Crippen LogP contribution >= 0.6 is 0 Å². The van der Waals surface area contributed by atoms with Crippen LogP contribution in [0, 0.1) is 5.92 Å². The molecule has 0 saturated heterocycles. The molecular formula is C17H26N4O2. The van der Waals surface area contributed by atoms with E-state index in [1.54, 1.807) is 11.1 Å². The summed E-state index contributed by atoms with van der Waals surface area (Å²) in [6.07, 6.45) is 8.48. The third-order valence-corrected chi connectivity index (χ3v) is 4.87. The van der Waals surface area contributed by atoms with Crippen LogP contribution in [-0.4, -0.2) is 34.2 Å². The number of hydrogen-bond acceptors (Lipinski definition) is 3. The van der Waals surface area contributed by atoms with Gasteiger partial charge in [0.05, 0.1) is 6.20 Å². The number of nitrogens with zero attached hydrogens (tertiary/aromatic N) is 3. The van der Waals surface area contributed by atoms with Crippen molar-refractivity contribution in [2.24, 2.45) is 5.92 Å². The van der Waals surface area contributed by atoms with Gasteiger partial charge < -0.3 is 5.32 Å². The van der Waals surface area contributed by atoms with Crippen LogP contribution < -0.4 is 10.2 Å². The van der Waals surface area contributed by atoms with E-state index in [1.165, 1.54) is 6.42 Å². The molecule has 1 aromatic rings. The van der Waals surface area contributed by atoms with E-state index in [0.29, 0.717) is 6.42 Å². The van der Waals surface area contributed by atoms with Gasteiger partial charge in [0.2, 0.25) is 11.8 Å². The maximum absolute atomic E-state index is 12.6. The van der Waals surface area contributed by atoms with E-state index in [9.17, 15) is 9.59 Å². The molecule has 2 amide bonds. The Balaban J connectivity index is 1.53. The number of carbonyl (C=O) groups excluding carboxylic acids is 2. The van der Waals surface area contributed by atoms with Gasteiger partial charge in [-0.1, -0.05) is 19.3 Å². The van der Waals surface area contributed by atoms with Gasteiger partial charge in [-0.15, -0.1) is 0 Å². The van der Waals surface area contributed by atoms with E-state index in [2.05, 4.69) is 10.4 Å². The van der Waals surface area contributed by atoms with Crippen LogP contribution in [0.2, 0.25) is 0 Å². The first-order valence-electron chi connectivity index (χ1n) is 8.77. The zero-order chi connectivity index (χ0) is 16.2. The molecule has 0 spiro atoms. The Morgan fingerprint density at radius 2 is 2.04 bits per heavy atom. The van der Waals surface area contributed by atoms with E-state index in [-0.39, 0.29) is 23.8 Å². The smallest absolute Gasteiger partial charge is 0.230 e. The van der Waals surface area contributed by atoms with E-state index < -0.39 is 0 Å². The van der Waals surface area contributed by atoms with Crippen molar-refractivity contribution >= 4 is 17.6 Å². The van der Waals surface area contributed by atoms with Crippen molar-refractivity contribution in [3.05, 3.63) is 12.3 Å². The number of aryl methyl sites for hydroxylation is 1. The number of rotatable bonds is 4. The van der Waals surface area contributed by atoms with Crippen LogP contribution in [-0.2, 0) is 16.1 Å². The first kappa shape index (κ1) is 16.0. The zero-order valence-electron chi connectivity index (χ0n) is 13.8. The lowest BCUT2D eigenvalue weighted by atomic mass is 9.88. The predicted molar refractivity (Wildman–Crippen MR) is 88.0 cm³/mol. The zero-order valence-corrected chi connectivity index (χ0v) is 13.8. The molecule has 3 rings (SSSR count). The second kappa shape index (κ2) is 7.15. The Bertz CT molecular complexity index is 563. The minimum atomic E-state index is -0.129. The van der Waals surface area contributed by atoms with Gasteiger partial charge in [-0.3, -0.25) is 14.5 Å². The molecule has 1 unspecified atom stereocenters. The second-order valence-electron chi connectivity index (χ2n) is 6.76. The highest BCUT2D eigenvalue weighted by atomic mass is 16.2. The molecule has 0 bridgehead atoms. The van der Waals surface area contributed by atoms with Gasteiger partial charge in [-0.05, 0) is 26.2 Å². The maximum atomic E-state index is 12.6. The Morgan fingerprint density at radius 3 is 2.83 bits per heavy atom. The van der Waals surface area contributed by atoms with Crippen molar-refractivity contribution in [1.29, 1.82) is 0 Å². The molecule has 2 heterocycles. The van der Waals surface area contributed by atoms with E-state index in [1.807, 2.05) is 17.7 Å². The summed E-state index contributed by atoms with van der Waals surface area (Å²) in [6.45, 7) is 3.51. The van der Waals surface area contributed by atoms with Gasteiger partial charge in [0.1, 0.15) is 5.82 Å². The maximum Gasteiger partial charge on any atom is 0.230 e. The normalized spacial score (nSPS) is 20.0. The summed E-state index contributed by atoms with van der Waals surface area (Å²) in [5, 5.41) is 7.26. The molecule has 6 nitrogen and oxygen atoms in total. The molecule has 1 aliphatic carbocycles. The van der Waals surface area contributed by atoms with Crippen molar-refractivity contribution in [2.75, 3.05) is 11.4 Å². The molecule has 2 aliphatic rings. The fourth-order valence-corrected chi connectivity index (χ4v) is 3.62. The highest BCUT2D eigenvalue weighted by Crippen LogP contribution is 2.24. The molecule has 1 fully saturated rings. The Morgan fingerprint density at radius 1 is 1.26 bits per heavy atom. The molecule has 0 aromatic carbocycles. The van der Waals surface area contributed by atoms with E-state index in [0.717, 1.165) is 51.0 Å². The van der Waals surface area contributed by atoms with Crippen molar-refractivity contribution in [2.45, 2.75) is 64.5 Å². The number of nitrogens with one attached hydrogen (secondary N) is 1. The first-order valence-corrected chi connectivity index (χ1v) is 8.77. The monoisotopic (exact) mass is 318 g/mol. The number of aromatic nitrogens is 2. The van der Waals surface area contributed by atoms with E-state index in [4.69, 9.17) is 0 Å². The molecule has 1 N–H and O–H groups in total. The summed E-state index contributed by atoms with van der Waals surface area (Å²) >= 11 is 0. The second-order valence-corrected chi connectivity index (χ2v) is 6.76. The molecule has 23 heavy (non-hydrogen) atoms. The van der Waals surface area contributed by atoms with Crippen molar-refractivity contribution < 1.29 is 9.59 Å². The number of amides is 2. The average molecular weight is 318 g/mol. The van der Waals surface area contributed by atoms with Gasteiger partial charge in [0.15, 0.2) is 0 Å². The number of anilines is 1. The van der Waals surface area contributed by atoms with Gasteiger partial charge in [0.25, 0.3) is 0 Å². The third-order valence-electron chi connectivity index (χ3n) is 4.87. The largest absolute Gasteiger partial charge is 0.353 e. The Kier molecular flexibility index (Phi) is 4.98. The molecule has 1 aromatic heterocycles. The van der Waals surface area contributed by atoms with Crippen molar-refractivity contribution in [3.63, 3.8) is 0 Å². The van der Waals surface area contributed by atoms with Crippen LogP contribution in [0.1, 0.15) is 51.9 Å². The molecule has 0 radical (unpaired) electrons. The van der Waals surface area contributed by atoms with Crippen molar-refractivity contribution in [1.82, 2.24) is 15.1 Å². The lowest BCUT2D eigenvalue weighted by Gasteiger charge is -2.29. The number of hydrogen-bond donors (Lipinski definition) is 1.